The molecule has 1 N–H and O–H groups in total. The van der Waals surface area contributed by atoms with Crippen molar-refractivity contribution in [2.24, 2.45) is 0 Å². The van der Waals surface area contributed by atoms with Crippen LogP contribution in [0, 0.1) is 0 Å². The van der Waals surface area contributed by atoms with Crippen LogP contribution < -0.4 is 5.32 Å². The first-order valence-corrected chi connectivity index (χ1v) is 7.92. The Morgan fingerprint density at radius 2 is 2.05 bits per heavy atom. The fourth-order valence-electron chi connectivity index (χ4n) is 2.58. The highest BCUT2D eigenvalue weighted by molar-refractivity contribution is 7.17. The number of benzene rings is 1. The molecule has 0 aliphatic heterocycles. The van der Waals surface area contributed by atoms with Gasteiger partial charge in [-0.2, -0.15) is 0 Å². The van der Waals surface area contributed by atoms with E-state index in [0.29, 0.717) is 6.04 Å². The van der Waals surface area contributed by atoms with Gasteiger partial charge in [0.2, 0.25) is 0 Å². The summed E-state index contributed by atoms with van der Waals surface area (Å²) in [6.07, 6.45) is 2.36. The second-order valence-corrected chi connectivity index (χ2v) is 5.67. The third-order valence-electron chi connectivity index (χ3n) is 3.60. The van der Waals surface area contributed by atoms with Gasteiger partial charge in [-0.15, -0.1) is 11.3 Å². The maximum Gasteiger partial charge on any atom is 0.0728 e. The molecule has 1 aromatic heterocycles. The van der Waals surface area contributed by atoms with Crippen LogP contribution in [-0.2, 0) is 11.2 Å². The summed E-state index contributed by atoms with van der Waals surface area (Å²) in [5.74, 6) is 0. The Morgan fingerprint density at radius 1 is 1.26 bits per heavy atom. The van der Waals surface area contributed by atoms with Gasteiger partial charge in [-0.3, -0.25) is 0 Å². The molecule has 0 spiro atoms. The highest BCUT2D eigenvalue weighted by atomic mass is 32.1. The zero-order valence-corrected chi connectivity index (χ0v) is 12.8. The SMILES string of the molecule is CCOC(CC)C(Cc1csc2ccccc12)NC. The van der Waals surface area contributed by atoms with Crippen LogP contribution in [0.5, 0.6) is 0 Å². The molecule has 0 aliphatic carbocycles. The summed E-state index contributed by atoms with van der Waals surface area (Å²) in [7, 11) is 2.03. The Bertz CT molecular complexity index is 508. The molecule has 3 heteroatoms. The van der Waals surface area contributed by atoms with Gasteiger partial charge in [0.15, 0.2) is 0 Å². The molecule has 0 radical (unpaired) electrons. The molecule has 19 heavy (non-hydrogen) atoms. The third kappa shape index (κ3) is 3.35. The number of hydrogen-bond donors (Lipinski definition) is 1. The molecule has 0 saturated carbocycles. The van der Waals surface area contributed by atoms with Crippen LogP contribution in [0.2, 0.25) is 0 Å². The summed E-state index contributed by atoms with van der Waals surface area (Å²) in [5.41, 5.74) is 1.43. The first kappa shape index (κ1) is 14.5. The topological polar surface area (TPSA) is 21.3 Å². The maximum absolute atomic E-state index is 5.85. The largest absolute Gasteiger partial charge is 0.377 e. The average molecular weight is 277 g/mol. The lowest BCUT2D eigenvalue weighted by Crippen LogP contribution is -2.40. The van der Waals surface area contributed by atoms with Gasteiger partial charge in [0, 0.05) is 17.3 Å². The van der Waals surface area contributed by atoms with Crippen LogP contribution in [0.1, 0.15) is 25.8 Å². The van der Waals surface area contributed by atoms with Crippen LogP contribution in [0.15, 0.2) is 29.6 Å². The molecule has 2 aromatic rings. The summed E-state index contributed by atoms with van der Waals surface area (Å²) in [4.78, 5) is 0. The van der Waals surface area contributed by atoms with Crippen LogP contribution >= 0.6 is 11.3 Å². The lowest BCUT2D eigenvalue weighted by atomic mass is 9.99. The first-order valence-electron chi connectivity index (χ1n) is 7.04. The van der Waals surface area contributed by atoms with Gasteiger partial charge in [0.05, 0.1) is 6.10 Å². The van der Waals surface area contributed by atoms with E-state index < -0.39 is 0 Å². The van der Waals surface area contributed by atoms with E-state index in [-0.39, 0.29) is 6.10 Å². The van der Waals surface area contributed by atoms with E-state index in [9.17, 15) is 0 Å². The zero-order valence-electron chi connectivity index (χ0n) is 12.0. The molecule has 104 valence electrons. The minimum absolute atomic E-state index is 0.286. The number of nitrogens with one attached hydrogen (secondary N) is 1. The molecular weight excluding hydrogens is 254 g/mol. The monoisotopic (exact) mass is 277 g/mol. The Morgan fingerprint density at radius 3 is 2.74 bits per heavy atom. The molecule has 0 fully saturated rings. The number of rotatable bonds is 7. The molecule has 0 amide bonds. The lowest BCUT2D eigenvalue weighted by molar-refractivity contribution is 0.0340. The first-order chi connectivity index (χ1) is 9.30. The van der Waals surface area contributed by atoms with Crippen molar-refractivity contribution in [2.45, 2.75) is 38.8 Å². The number of hydrogen-bond acceptors (Lipinski definition) is 3. The van der Waals surface area contributed by atoms with Crippen molar-refractivity contribution in [3.05, 3.63) is 35.2 Å². The maximum atomic E-state index is 5.85. The normalized spacial score (nSPS) is 14.7. The highest BCUT2D eigenvalue weighted by Gasteiger charge is 2.20. The molecule has 0 bridgehead atoms. The zero-order chi connectivity index (χ0) is 13.7. The molecule has 2 atom stereocenters. The van der Waals surface area contributed by atoms with Gasteiger partial charge in [-0.05, 0) is 49.2 Å². The van der Waals surface area contributed by atoms with E-state index >= 15 is 0 Å². The number of thiophene rings is 1. The van der Waals surface area contributed by atoms with Gasteiger partial charge in [0.25, 0.3) is 0 Å². The summed E-state index contributed by atoms with van der Waals surface area (Å²) in [6.45, 7) is 5.03. The van der Waals surface area contributed by atoms with E-state index in [0.717, 1.165) is 19.4 Å². The quantitative estimate of drug-likeness (QED) is 0.830. The second-order valence-electron chi connectivity index (χ2n) is 4.76. The van der Waals surface area contributed by atoms with Crippen molar-refractivity contribution >= 4 is 21.4 Å². The van der Waals surface area contributed by atoms with E-state index in [1.165, 1.54) is 15.6 Å². The Kier molecular flexibility index (Phi) is 5.37. The van der Waals surface area contributed by atoms with Crippen LogP contribution in [0.25, 0.3) is 10.1 Å². The van der Waals surface area contributed by atoms with E-state index in [1.54, 1.807) is 0 Å². The van der Waals surface area contributed by atoms with Crippen molar-refractivity contribution in [3.63, 3.8) is 0 Å². The average Bonchev–Trinajstić information content (AvgIpc) is 2.86. The van der Waals surface area contributed by atoms with E-state index in [4.69, 9.17) is 4.74 Å². The standard InChI is InChI=1S/C16H23NOS/c1-4-15(18-5-2)14(17-3)10-12-11-19-16-9-7-6-8-13(12)16/h6-9,11,14-15,17H,4-5,10H2,1-3H3. The fraction of sp³-hybridized carbons (Fsp3) is 0.500. The summed E-state index contributed by atoms with van der Waals surface area (Å²) in [6, 6.07) is 9.01. The van der Waals surface area contributed by atoms with Crippen LogP contribution in [-0.4, -0.2) is 25.8 Å². The Balaban J connectivity index is 2.17. The van der Waals surface area contributed by atoms with Crippen LogP contribution in [0.3, 0.4) is 0 Å². The molecule has 2 rings (SSSR count). The Labute approximate surface area is 119 Å². The summed E-state index contributed by atoms with van der Waals surface area (Å²) < 4.78 is 7.22. The fourth-order valence-corrected chi connectivity index (χ4v) is 3.56. The number of likely N-dealkylation sites (N-methyl/N-ethyl adjacent to an activating group) is 1. The van der Waals surface area contributed by atoms with Crippen molar-refractivity contribution in [1.82, 2.24) is 5.32 Å². The molecule has 1 heterocycles. The predicted molar refractivity (Wildman–Crippen MR) is 84.1 cm³/mol. The van der Waals surface area contributed by atoms with Crippen molar-refractivity contribution in [3.8, 4) is 0 Å². The minimum atomic E-state index is 0.286. The smallest absolute Gasteiger partial charge is 0.0728 e. The summed E-state index contributed by atoms with van der Waals surface area (Å²) in [5, 5.41) is 7.09. The summed E-state index contributed by atoms with van der Waals surface area (Å²) >= 11 is 1.83. The molecular formula is C16H23NOS. The van der Waals surface area contributed by atoms with Crippen molar-refractivity contribution in [2.75, 3.05) is 13.7 Å². The van der Waals surface area contributed by atoms with Gasteiger partial charge in [0.1, 0.15) is 0 Å². The number of ether oxygens (including phenoxy) is 1. The van der Waals surface area contributed by atoms with Gasteiger partial charge in [-0.1, -0.05) is 25.1 Å². The highest BCUT2D eigenvalue weighted by Crippen LogP contribution is 2.27. The van der Waals surface area contributed by atoms with E-state index in [1.807, 2.05) is 18.4 Å². The van der Waals surface area contributed by atoms with Gasteiger partial charge >= 0.3 is 0 Å². The molecule has 2 unspecified atom stereocenters. The molecule has 2 nitrogen and oxygen atoms in total. The molecule has 1 aromatic carbocycles. The second kappa shape index (κ2) is 7.04. The Hall–Kier alpha value is -0.900. The predicted octanol–water partition coefficient (Wildman–Crippen LogP) is 3.85. The van der Waals surface area contributed by atoms with Gasteiger partial charge in [-0.25, -0.2) is 0 Å². The van der Waals surface area contributed by atoms with E-state index in [2.05, 4.69) is 48.8 Å². The van der Waals surface area contributed by atoms with Gasteiger partial charge < -0.3 is 10.1 Å². The third-order valence-corrected chi connectivity index (χ3v) is 4.62. The number of fused-ring (bicyclic) bond motifs is 1. The minimum Gasteiger partial charge on any atom is -0.377 e. The van der Waals surface area contributed by atoms with Crippen molar-refractivity contribution in [1.29, 1.82) is 0 Å². The van der Waals surface area contributed by atoms with Crippen LogP contribution in [0.4, 0.5) is 0 Å². The molecule has 0 aliphatic rings. The molecule has 0 saturated heterocycles. The lowest BCUT2D eigenvalue weighted by Gasteiger charge is -2.25. The van der Waals surface area contributed by atoms with Crippen molar-refractivity contribution < 1.29 is 4.74 Å².